The van der Waals surface area contributed by atoms with Crippen LogP contribution in [0.1, 0.15) is 25.8 Å². The van der Waals surface area contributed by atoms with E-state index < -0.39 is 5.97 Å². The van der Waals surface area contributed by atoms with Crippen LogP contribution in [0.15, 0.2) is 28.3 Å². The number of hydrogen-bond acceptors (Lipinski definition) is 7. The minimum Gasteiger partial charge on any atom is -0.457 e. The average molecular weight is 378 g/mol. The molecule has 0 radical (unpaired) electrons. The van der Waals surface area contributed by atoms with Crippen molar-refractivity contribution >= 4 is 45.8 Å². The van der Waals surface area contributed by atoms with Crippen molar-refractivity contribution in [3.8, 4) is 10.6 Å². The minimum absolute atomic E-state index is 0.0789. The molecule has 0 fully saturated rings. The first-order chi connectivity index (χ1) is 11.5. The van der Waals surface area contributed by atoms with Gasteiger partial charge in [-0.15, -0.1) is 22.7 Å². The quantitative estimate of drug-likeness (QED) is 0.468. The monoisotopic (exact) mass is 377 g/mol. The molecule has 3 aromatic rings. The molecule has 0 saturated heterocycles. The summed E-state index contributed by atoms with van der Waals surface area (Å²) in [6.07, 6.45) is 0.0789. The first-order valence-corrected chi connectivity index (χ1v) is 9.89. The summed E-state index contributed by atoms with van der Waals surface area (Å²) in [4.78, 5) is 30.5. The number of thiazole rings is 1. The molecule has 0 N–H and O–H groups in total. The lowest BCUT2D eigenvalue weighted by Crippen LogP contribution is -2.16. The molecule has 3 rings (SSSR count). The Morgan fingerprint density at radius 3 is 2.75 bits per heavy atom. The lowest BCUT2D eigenvalue weighted by atomic mass is 10.2. The lowest BCUT2D eigenvalue weighted by molar-refractivity contribution is -0.141. The van der Waals surface area contributed by atoms with Crippen molar-refractivity contribution in [3.05, 3.63) is 49.3 Å². The second-order valence-corrected chi connectivity index (χ2v) is 8.34. The summed E-state index contributed by atoms with van der Waals surface area (Å²) in [5.41, 5.74) is 2.36. The Bertz CT molecular complexity index is 862. The van der Waals surface area contributed by atoms with Gasteiger partial charge in [-0.2, -0.15) is 11.3 Å². The van der Waals surface area contributed by atoms with Crippen molar-refractivity contribution in [2.75, 3.05) is 6.61 Å². The summed E-state index contributed by atoms with van der Waals surface area (Å²) in [5, 5.41) is 6.75. The van der Waals surface area contributed by atoms with Crippen molar-refractivity contribution in [2.45, 2.75) is 20.3 Å². The molecule has 0 aliphatic carbocycles. The van der Waals surface area contributed by atoms with Crippen LogP contribution in [0.2, 0.25) is 0 Å². The Morgan fingerprint density at radius 2 is 2.08 bits per heavy atom. The largest absolute Gasteiger partial charge is 0.457 e. The third kappa shape index (κ3) is 3.98. The van der Waals surface area contributed by atoms with Crippen molar-refractivity contribution in [1.82, 2.24) is 4.98 Å². The highest BCUT2D eigenvalue weighted by Crippen LogP contribution is 2.26. The number of thiophene rings is 2. The van der Waals surface area contributed by atoms with Gasteiger partial charge in [0.1, 0.15) is 5.01 Å². The number of ketones is 1. The van der Waals surface area contributed by atoms with Crippen molar-refractivity contribution < 1.29 is 14.3 Å². The highest BCUT2D eigenvalue weighted by Gasteiger charge is 2.15. The fraction of sp³-hybridized carbons (Fsp3) is 0.235. The smallest absolute Gasteiger partial charge is 0.312 e. The molecule has 124 valence electrons. The van der Waals surface area contributed by atoms with Gasteiger partial charge in [-0.3, -0.25) is 9.59 Å². The fourth-order valence-corrected chi connectivity index (χ4v) is 4.71. The zero-order valence-electron chi connectivity index (χ0n) is 13.2. The molecule has 0 aliphatic heterocycles. The van der Waals surface area contributed by atoms with Crippen LogP contribution in [0.4, 0.5) is 0 Å². The van der Waals surface area contributed by atoms with Crippen LogP contribution in [0.25, 0.3) is 10.6 Å². The fourth-order valence-electron chi connectivity index (χ4n) is 2.24. The number of nitrogens with zero attached hydrogens (tertiary/aromatic N) is 1. The molecule has 0 bridgehead atoms. The Balaban J connectivity index is 1.54. The van der Waals surface area contributed by atoms with E-state index in [0.717, 1.165) is 20.3 Å². The molecule has 0 aliphatic rings. The molecule has 0 aromatic carbocycles. The highest BCUT2D eigenvalue weighted by atomic mass is 32.1. The normalized spacial score (nSPS) is 10.8. The highest BCUT2D eigenvalue weighted by molar-refractivity contribution is 7.14. The third-order valence-electron chi connectivity index (χ3n) is 3.35. The SMILES string of the molecule is Cc1cc(C(=O)COC(=O)Cc2csc(-c3ccsc3)n2)c(C)s1. The summed E-state index contributed by atoms with van der Waals surface area (Å²) < 4.78 is 5.11. The van der Waals surface area contributed by atoms with Gasteiger partial charge >= 0.3 is 5.97 Å². The molecule has 0 atom stereocenters. The van der Waals surface area contributed by atoms with E-state index in [-0.39, 0.29) is 18.8 Å². The molecule has 4 nitrogen and oxygen atoms in total. The second kappa shape index (κ2) is 7.38. The summed E-state index contributed by atoms with van der Waals surface area (Å²) in [5.74, 6) is -0.599. The second-order valence-electron chi connectivity index (χ2n) is 5.24. The van der Waals surface area contributed by atoms with Crippen molar-refractivity contribution in [1.29, 1.82) is 0 Å². The predicted molar refractivity (Wildman–Crippen MR) is 98.2 cm³/mol. The lowest BCUT2D eigenvalue weighted by Gasteiger charge is -2.03. The molecule has 0 unspecified atom stereocenters. The van der Waals surface area contributed by atoms with E-state index in [9.17, 15) is 9.59 Å². The van der Waals surface area contributed by atoms with Gasteiger partial charge in [-0.1, -0.05) is 0 Å². The molecule has 0 spiro atoms. The molecular formula is C17H15NO3S3. The zero-order valence-corrected chi connectivity index (χ0v) is 15.6. The van der Waals surface area contributed by atoms with E-state index in [1.165, 1.54) is 11.3 Å². The van der Waals surface area contributed by atoms with E-state index in [0.29, 0.717) is 11.3 Å². The minimum atomic E-state index is -0.435. The van der Waals surface area contributed by atoms with E-state index in [4.69, 9.17) is 4.74 Å². The Morgan fingerprint density at radius 1 is 1.25 bits per heavy atom. The van der Waals surface area contributed by atoms with Crippen molar-refractivity contribution in [2.24, 2.45) is 0 Å². The predicted octanol–water partition coefficient (Wildman–Crippen LogP) is 4.52. The maximum Gasteiger partial charge on any atom is 0.312 e. The summed E-state index contributed by atoms with van der Waals surface area (Å²) in [6, 6.07) is 3.83. The Hall–Kier alpha value is -1.83. The maximum absolute atomic E-state index is 12.1. The number of Topliss-reactive ketones (excluding diaryl/α,β-unsaturated/α-hetero) is 1. The molecule has 7 heteroatoms. The van der Waals surface area contributed by atoms with Crippen molar-refractivity contribution in [3.63, 3.8) is 0 Å². The number of hydrogen-bond donors (Lipinski definition) is 0. The number of ether oxygens (including phenoxy) is 1. The molecule has 24 heavy (non-hydrogen) atoms. The van der Waals surface area contributed by atoms with Crippen LogP contribution in [-0.2, 0) is 16.0 Å². The van der Waals surface area contributed by atoms with Crippen LogP contribution in [0.5, 0.6) is 0 Å². The topological polar surface area (TPSA) is 56.3 Å². The number of carbonyl (C=O) groups is 2. The number of rotatable bonds is 6. The third-order valence-corrected chi connectivity index (χ3v) is 5.94. The van der Waals surface area contributed by atoms with Gasteiger partial charge in [0.2, 0.25) is 5.78 Å². The first kappa shape index (κ1) is 17.0. The van der Waals surface area contributed by atoms with Gasteiger partial charge in [0.05, 0.1) is 12.1 Å². The van der Waals surface area contributed by atoms with Gasteiger partial charge < -0.3 is 4.74 Å². The summed E-state index contributed by atoms with van der Waals surface area (Å²) >= 11 is 4.67. The van der Waals surface area contributed by atoms with Crippen LogP contribution < -0.4 is 0 Å². The molecule has 3 heterocycles. The zero-order chi connectivity index (χ0) is 17.1. The van der Waals surface area contributed by atoms with Gasteiger partial charge in [0.25, 0.3) is 0 Å². The first-order valence-electron chi connectivity index (χ1n) is 7.26. The van der Waals surface area contributed by atoms with E-state index >= 15 is 0 Å². The average Bonchev–Trinajstić information content (AvgIpc) is 3.25. The van der Waals surface area contributed by atoms with Gasteiger partial charge in [-0.05, 0) is 31.4 Å². The van der Waals surface area contributed by atoms with Gasteiger partial charge in [0.15, 0.2) is 6.61 Å². The van der Waals surface area contributed by atoms with E-state index in [2.05, 4.69) is 4.98 Å². The maximum atomic E-state index is 12.1. The van der Waals surface area contributed by atoms with E-state index in [1.807, 2.05) is 42.1 Å². The van der Waals surface area contributed by atoms with Gasteiger partial charge in [-0.25, -0.2) is 4.98 Å². The number of aryl methyl sites for hydroxylation is 2. The molecule has 0 amide bonds. The summed E-state index contributed by atoms with van der Waals surface area (Å²) in [7, 11) is 0. The van der Waals surface area contributed by atoms with Crippen LogP contribution >= 0.6 is 34.0 Å². The van der Waals surface area contributed by atoms with Gasteiger partial charge in [0, 0.05) is 31.6 Å². The standard InChI is InChI=1S/C17H15NO3S3/c1-10-5-14(11(2)24-10)15(19)7-21-16(20)6-13-9-23-17(18-13)12-3-4-22-8-12/h3-5,8-9H,6-7H2,1-2H3. The number of carbonyl (C=O) groups excluding carboxylic acids is 2. The van der Waals surface area contributed by atoms with Crippen LogP contribution in [0, 0.1) is 13.8 Å². The molecule has 0 saturated carbocycles. The molecule has 3 aromatic heterocycles. The Labute approximate surface area is 151 Å². The molecular weight excluding hydrogens is 362 g/mol. The van der Waals surface area contributed by atoms with Crippen LogP contribution in [-0.4, -0.2) is 23.3 Å². The van der Waals surface area contributed by atoms with Crippen LogP contribution in [0.3, 0.4) is 0 Å². The Kier molecular flexibility index (Phi) is 5.23. The van der Waals surface area contributed by atoms with E-state index in [1.54, 1.807) is 22.7 Å². The summed E-state index contributed by atoms with van der Waals surface area (Å²) in [6.45, 7) is 3.62. The number of aromatic nitrogens is 1. The number of esters is 1.